The number of nitrogens with zero attached hydrogens (tertiary/aromatic N) is 5. The Kier molecular flexibility index (Phi) is 7.21. The van der Waals surface area contributed by atoms with Crippen LogP contribution in [0.5, 0.6) is 0 Å². The third kappa shape index (κ3) is 4.83. The number of hydrogen-bond acceptors (Lipinski definition) is 5. The zero-order valence-corrected chi connectivity index (χ0v) is 21.4. The van der Waals surface area contributed by atoms with Crippen LogP contribution in [-0.2, 0) is 24.2 Å². The Hall–Kier alpha value is -2.65. The van der Waals surface area contributed by atoms with Crippen molar-refractivity contribution in [3.63, 3.8) is 0 Å². The highest BCUT2D eigenvalue weighted by Crippen LogP contribution is 2.29. The van der Waals surface area contributed by atoms with Crippen molar-refractivity contribution in [3.05, 3.63) is 45.7 Å². The molecule has 2 atom stereocenters. The van der Waals surface area contributed by atoms with Crippen molar-refractivity contribution >= 4 is 29.1 Å². The van der Waals surface area contributed by atoms with Gasteiger partial charge in [0, 0.05) is 54.7 Å². The van der Waals surface area contributed by atoms with Gasteiger partial charge in [-0.05, 0) is 56.7 Å². The third-order valence-corrected chi connectivity index (χ3v) is 8.16. The Balaban J connectivity index is 1.27. The van der Waals surface area contributed by atoms with Gasteiger partial charge in [-0.1, -0.05) is 17.7 Å². The SMILES string of the molecule is Cc1c(Cl)cccc1N1CCN(C(=O)Cn2nc(C(=O)N3CC[C@@H](O)[C@@H](F)C3)c3c2CCCC3)CC1. The molecule has 2 fully saturated rings. The zero-order valence-electron chi connectivity index (χ0n) is 20.6. The number of piperazine rings is 1. The van der Waals surface area contributed by atoms with Crippen LogP contribution < -0.4 is 4.90 Å². The molecule has 10 heteroatoms. The highest BCUT2D eigenvalue weighted by Gasteiger charge is 2.34. The highest BCUT2D eigenvalue weighted by molar-refractivity contribution is 6.31. The summed E-state index contributed by atoms with van der Waals surface area (Å²) in [4.78, 5) is 32.0. The fraction of sp³-hybridized carbons (Fsp3) is 0.577. The van der Waals surface area contributed by atoms with Gasteiger partial charge in [0.05, 0.1) is 12.6 Å². The lowest BCUT2D eigenvalue weighted by atomic mass is 9.95. The second kappa shape index (κ2) is 10.4. The largest absolute Gasteiger partial charge is 0.390 e. The second-order valence-corrected chi connectivity index (χ2v) is 10.4. The molecule has 8 nitrogen and oxygen atoms in total. The van der Waals surface area contributed by atoms with E-state index < -0.39 is 12.3 Å². The van der Waals surface area contributed by atoms with Gasteiger partial charge in [-0.3, -0.25) is 14.3 Å². The number of hydrogen-bond donors (Lipinski definition) is 1. The Morgan fingerprint density at radius 3 is 2.61 bits per heavy atom. The molecule has 1 aromatic carbocycles. The summed E-state index contributed by atoms with van der Waals surface area (Å²) in [7, 11) is 0. The van der Waals surface area contributed by atoms with Gasteiger partial charge >= 0.3 is 0 Å². The van der Waals surface area contributed by atoms with E-state index in [1.54, 1.807) is 4.68 Å². The van der Waals surface area contributed by atoms with Gasteiger partial charge in [-0.2, -0.15) is 5.10 Å². The fourth-order valence-electron chi connectivity index (χ4n) is 5.56. The second-order valence-electron chi connectivity index (χ2n) is 10.0. The molecule has 1 N–H and O–H groups in total. The molecule has 2 saturated heterocycles. The number of piperidine rings is 1. The van der Waals surface area contributed by atoms with Gasteiger partial charge in [0.15, 0.2) is 5.69 Å². The first-order valence-corrected chi connectivity index (χ1v) is 13.2. The molecule has 0 spiro atoms. The normalized spacial score (nSPS) is 22.5. The van der Waals surface area contributed by atoms with E-state index in [0.29, 0.717) is 25.3 Å². The lowest BCUT2D eigenvalue weighted by Crippen LogP contribution is -2.50. The van der Waals surface area contributed by atoms with Gasteiger partial charge < -0.3 is 19.8 Å². The number of benzene rings is 1. The Bertz CT molecular complexity index is 1150. The number of aromatic nitrogens is 2. The van der Waals surface area contributed by atoms with Crippen LogP contribution in [0.15, 0.2) is 18.2 Å². The van der Waals surface area contributed by atoms with Crippen LogP contribution in [0.1, 0.15) is 46.6 Å². The van der Waals surface area contributed by atoms with Crippen molar-refractivity contribution in [3.8, 4) is 0 Å². The van der Waals surface area contributed by atoms with E-state index in [2.05, 4.69) is 16.1 Å². The molecule has 3 aliphatic rings. The molecular weight excluding hydrogens is 485 g/mol. The molecule has 194 valence electrons. The first-order valence-electron chi connectivity index (χ1n) is 12.8. The van der Waals surface area contributed by atoms with Crippen LogP contribution in [0.3, 0.4) is 0 Å². The number of likely N-dealkylation sites (tertiary alicyclic amines) is 1. The highest BCUT2D eigenvalue weighted by atomic mass is 35.5. The quantitative estimate of drug-likeness (QED) is 0.674. The van der Waals surface area contributed by atoms with Gasteiger partial charge in [-0.15, -0.1) is 0 Å². The van der Waals surface area contributed by atoms with Crippen molar-refractivity contribution in [2.24, 2.45) is 0 Å². The molecule has 0 saturated carbocycles. The minimum absolute atomic E-state index is 0.0164. The molecule has 1 aliphatic carbocycles. The average molecular weight is 518 g/mol. The number of aliphatic hydroxyl groups is 1. The summed E-state index contributed by atoms with van der Waals surface area (Å²) in [6, 6.07) is 5.89. The Labute approximate surface area is 215 Å². The van der Waals surface area contributed by atoms with E-state index >= 15 is 0 Å². The Morgan fingerprint density at radius 1 is 1.11 bits per heavy atom. The minimum Gasteiger partial charge on any atom is -0.390 e. The van der Waals surface area contributed by atoms with Gasteiger partial charge in [0.25, 0.3) is 5.91 Å². The summed E-state index contributed by atoms with van der Waals surface area (Å²) in [6.07, 6.45) is 1.20. The first kappa shape index (κ1) is 25.0. The summed E-state index contributed by atoms with van der Waals surface area (Å²) in [6.45, 7) is 4.93. The maximum absolute atomic E-state index is 14.1. The van der Waals surface area contributed by atoms with Crippen LogP contribution in [-0.4, -0.2) is 88.0 Å². The monoisotopic (exact) mass is 517 g/mol. The van der Waals surface area contributed by atoms with Crippen LogP contribution in [0, 0.1) is 6.92 Å². The van der Waals surface area contributed by atoms with Crippen LogP contribution in [0.25, 0.3) is 0 Å². The number of fused-ring (bicyclic) bond motifs is 1. The number of amides is 2. The minimum atomic E-state index is -1.45. The number of anilines is 1. The molecule has 3 heterocycles. The van der Waals surface area contributed by atoms with E-state index in [4.69, 9.17) is 11.6 Å². The summed E-state index contributed by atoms with van der Waals surface area (Å²) < 4.78 is 15.8. The first-order chi connectivity index (χ1) is 17.3. The summed E-state index contributed by atoms with van der Waals surface area (Å²) in [5, 5.41) is 15.0. The maximum atomic E-state index is 14.1. The number of carbonyl (C=O) groups is 2. The van der Waals surface area contributed by atoms with Crippen LogP contribution in [0.2, 0.25) is 5.02 Å². The predicted molar refractivity (Wildman–Crippen MR) is 135 cm³/mol. The van der Waals surface area contributed by atoms with E-state index in [9.17, 15) is 19.1 Å². The van der Waals surface area contributed by atoms with Crippen LogP contribution >= 0.6 is 11.6 Å². The molecule has 1 aromatic heterocycles. The van der Waals surface area contributed by atoms with Crippen LogP contribution in [0.4, 0.5) is 10.1 Å². The molecule has 0 radical (unpaired) electrons. The molecule has 2 aromatic rings. The van der Waals surface area contributed by atoms with Gasteiger partial charge in [-0.25, -0.2) is 4.39 Å². The van der Waals surface area contributed by atoms with Crippen molar-refractivity contribution < 1.29 is 19.1 Å². The third-order valence-electron chi connectivity index (χ3n) is 7.75. The van der Waals surface area contributed by atoms with E-state index in [1.807, 2.05) is 24.0 Å². The van der Waals surface area contributed by atoms with Crippen molar-refractivity contribution in [2.45, 2.75) is 57.8 Å². The standard InChI is InChI=1S/C26H33ClFN5O3/c1-17-19(27)6-4-8-21(17)30-11-13-31(14-12-30)24(35)16-33-22-7-3-2-5-18(22)25(29-33)26(36)32-10-9-23(34)20(28)15-32/h4,6,8,20,23,34H,2-3,5,7,9-16H2,1H3/t20-,23+/m0/s1. The van der Waals surface area contributed by atoms with E-state index in [-0.39, 0.29) is 31.3 Å². The molecule has 2 amide bonds. The molecule has 0 bridgehead atoms. The molecule has 2 aliphatic heterocycles. The smallest absolute Gasteiger partial charge is 0.274 e. The lowest BCUT2D eigenvalue weighted by Gasteiger charge is -2.37. The topological polar surface area (TPSA) is 81.9 Å². The molecule has 5 rings (SSSR count). The molecule has 36 heavy (non-hydrogen) atoms. The number of rotatable bonds is 4. The Morgan fingerprint density at radius 2 is 1.86 bits per heavy atom. The van der Waals surface area contributed by atoms with E-state index in [1.165, 1.54) is 4.90 Å². The van der Waals surface area contributed by atoms with Crippen molar-refractivity contribution in [2.75, 3.05) is 44.2 Å². The number of carbonyl (C=O) groups excluding carboxylic acids is 2. The summed E-state index contributed by atoms with van der Waals surface area (Å²) in [5.41, 5.74) is 4.31. The zero-order chi connectivity index (χ0) is 25.4. The summed E-state index contributed by atoms with van der Waals surface area (Å²) >= 11 is 6.29. The van der Waals surface area contributed by atoms with Gasteiger partial charge in [0.2, 0.25) is 5.91 Å². The molecular formula is C26H33ClFN5O3. The number of halogens is 2. The maximum Gasteiger partial charge on any atom is 0.274 e. The van der Waals surface area contributed by atoms with Crippen molar-refractivity contribution in [1.82, 2.24) is 19.6 Å². The predicted octanol–water partition coefficient (Wildman–Crippen LogP) is 2.62. The van der Waals surface area contributed by atoms with Crippen molar-refractivity contribution in [1.29, 1.82) is 0 Å². The van der Waals surface area contributed by atoms with E-state index in [0.717, 1.165) is 66.3 Å². The number of aliphatic hydroxyl groups excluding tert-OH is 1. The summed E-state index contributed by atoms with van der Waals surface area (Å²) in [5.74, 6) is -0.323. The molecule has 0 unspecified atom stereocenters. The lowest BCUT2D eigenvalue weighted by molar-refractivity contribution is -0.132. The average Bonchev–Trinajstić information content (AvgIpc) is 3.25. The fourth-order valence-corrected chi connectivity index (χ4v) is 5.73. The number of alkyl halides is 1. The van der Waals surface area contributed by atoms with Gasteiger partial charge in [0.1, 0.15) is 12.7 Å².